The van der Waals surface area contributed by atoms with E-state index in [0.717, 1.165) is 11.1 Å². The van der Waals surface area contributed by atoms with Crippen molar-refractivity contribution in [3.8, 4) is 11.5 Å². The summed E-state index contributed by atoms with van der Waals surface area (Å²) < 4.78 is 10.5. The maximum atomic E-state index is 12.1. The standard InChI is InChI=1S/C19H21NO5/c1-12-4-7-16(10-13(12)2)25-11-17(21)20-18(19(22)23)14-5-8-15(24-3)9-6-14/h4-10,18H,11H2,1-3H3,(H,20,21)(H,22,23). The van der Waals surface area contributed by atoms with E-state index in [1.807, 2.05) is 26.0 Å². The van der Waals surface area contributed by atoms with Crippen LogP contribution in [0.1, 0.15) is 22.7 Å². The van der Waals surface area contributed by atoms with E-state index in [2.05, 4.69) is 5.32 Å². The third kappa shape index (κ3) is 4.97. The first-order chi connectivity index (χ1) is 11.9. The number of carbonyl (C=O) groups is 2. The zero-order valence-corrected chi connectivity index (χ0v) is 14.4. The van der Waals surface area contributed by atoms with Crippen LogP contribution in [0.3, 0.4) is 0 Å². The Bertz CT molecular complexity index is 755. The van der Waals surface area contributed by atoms with Crippen molar-refractivity contribution in [1.29, 1.82) is 0 Å². The molecule has 0 heterocycles. The lowest BCUT2D eigenvalue weighted by Gasteiger charge is -2.16. The Morgan fingerprint density at radius 2 is 1.68 bits per heavy atom. The topological polar surface area (TPSA) is 84.9 Å². The molecule has 0 bridgehead atoms. The summed E-state index contributed by atoms with van der Waals surface area (Å²) >= 11 is 0. The Hall–Kier alpha value is -3.02. The minimum Gasteiger partial charge on any atom is -0.497 e. The van der Waals surface area contributed by atoms with Gasteiger partial charge in [-0.15, -0.1) is 0 Å². The number of carboxylic acids is 1. The summed E-state index contributed by atoms with van der Waals surface area (Å²) in [5.74, 6) is -0.488. The van der Waals surface area contributed by atoms with Crippen LogP contribution in [0.2, 0.25) is 0 Å². The van der Waals surface area contributed by atoms with Gasteiger partial charge in [0, 0.05) is 0 Å². The molecule has 132 valence electrons. The fraction of sp³-hybridized carbons (Fsp3) is 0.263. The molecule has 1 unspecified atom stereocenters. The van der Waals surface area contributed by atoms with Gasteiger partial charge in [-0.25, -0.2) is 4.79 Å². The van der Waals surface area contributed by atoms with Crippen molar-refractivity contribution in [2.45, 2.75) is 19.9 Å². The molecule has 0 saturated carbocycles. The summed E-state index contributed by atoms with van der Waals surface area (Å²) in [6.45, 7) is 3.67. The van der Waals surface area contributed by atoms with Crippen LogP contribution in [0.4, 0.5) is 0 Å². The van der Waals surface area contributed by atoms with Crippen molar-refractivity contribution in [2.75, 3.05) is 13.7 Å². The van der Waals surface area contributed by atoms with Crippen molar-refractivity contribution in [2.24, 2.45) is 0 Å². The minimum atomic E-state index is -1.15. The van der Waals surface area contributed by atoms with Gasteiger partial charge in [-0.3, -0.25) is 4.79 Å². The van der Waals surface area contributed by atoms with Crippen LogP contribution in [0.25, 0.3) is 0 Å². The number of aryl methyl sites for hydroxylation is 2. The van der Waals surface area contributed by atoms with Gasteiger partial charge in [0.1, 0.15) is 11.5 Å². The summed E-state index contributed by atoms with van der Waals surface area (Å²) in [5, 5.41) is 11.8. The number of aliphatic carboxylic acids is 1. The Balaban J connectivity index is 1.99. The lowest BCUT2D eigenvalue weighted by atomic mass is 10.1. The molecule has 0 saturated heterocycles. The number of benzene rings is 2. The molecule has 25 heavy (non-hydrogen) atoms. The van der Waals surface area contributed by atoms with Gasteiger partial charge in [-0.05, 0) is 54.8 Å². The summed E-state index contributed by atoms with van der Waals surface area (Å²) in [4.78, 5) is 23.5. The Labute approximate surface area is 146 Å². The monoisotopic (exact) mass is 343 g/mol. The molecule has 0 spiro atoms. The number of methoxy groups -OCH3 is 1. The third-order valence-electron chi connectivity index (χ3n) is 3.85. The molecule has 1 atom stereocenters. The van der Waals surface area contributed by atoms with Crippen LogP contribution in [-0.4, -0.2) is 30.7 Å². The molecule has 2 rings (SSSR count). The molecule has 2 N–H and O–H groups in total. The van der Waals surface area contributed by atoms with Crippen LogP contribution >= 0.6 is 0 Å². The average Bonchev–Trinajstić information content (AvgIpc) is 2.60. The summed E-state index contributed by atoms with van der Waals surface area (Å²) in [5.41, 5.74) is 2.63. The van der Waals surface area contributed by atoms with Gasteiger partial charge in [-0.1, -0.05) is 18.2 Å². The second-order valence-electron chi connectivity index (χ2n) is 5.65. The lowest BCUT2D eigenvalue weighted by Crippen LogP contribution is -2.36. The fourth-order valence-electron chi connectivity index (χ4n) is 2.24. The first-order valence-corrected chi connectivity index (χ1v) is 7.77. The predicted molar refractivity (Wildman–Crippen MR) is 92.9 cm³/mol. The molecule has 2 aromatic carbocycles. The Kier molecular flexibility index (Phi) is 6.00. The lowest BCUT2D eigenvalue weighted by molar-refractivity contribution is -0.142. The van der Waals surface area contributed by atoms with E-state index in [-0.39, 0.29) is 6.61 Å². The highest BCUT2D eigenvalue weighted by molar-refractivity contribution is 5.85. The fourth-order valence-corrected chi connectivity index (χ4v) is 2.24. The smallest absolute Gasteiger partial charge is 0.330 e. The van der Waals surface area contributed by atoms with Crippen LogP contribution < -0.4 is 14.8 Å². The van der Waals surface area contributed by atoms with Crippen molar-refractivity contribution < 1.29 is 24.2 Å². The molecule has 0 aliphatic heterocycles. The van der Waals surface area contributed by atoms with Gasteiger partial charge in [0.05, 0.1) is 7.11 Å². The van der Waals surface area contributed by atoms with E-state index in [0.29, 0.717) is 17.1 Å². The van der Waals surface area contributed by atoms with Crippen LogP contribution in [0.5, 0.6) is 11.5 Å². The zero-order valence-electron chi connectivity index (χ0n) is 14.4. The molecule has 2 aromatic rings. The van der Waals surface area contributed by atoms with Gasteiger partial charge >= 0.3 is 5.97 Å². The highest BCUT2D eigenvalue weighted by Crippen LogP contribution is 2.19. The summed E-state index contributed by atoms with van der Waals surface area (Å²) in [7, 11) is 1.52. The van der Waals surface area contributed by atoms with E-state index < -0.39 is 17.9 Å². The number of carbonyl (C=O) groups excluding carboxylic acids is 1. The SMILES string of the molecule is COc1ccc(C(NC(=O)COc2ccc(C)c(C)c2)C(=O)O)cc1. The quantitative estimate of drug-likeness (QED) is 0.807. The maximum Gasteiger partial charge on any atom is 0.330 e. The number of ether oxygens (including phenoxy) is 2. The normalized spacial score (nSPS) is 11.5. The van der Waals surface area contributed by atoms with Gasteiger partial charge in [-0.2, -0.15) is 0 Å². The van der Waals surface area contributed by atoms with Crippen LogP contribution in [0.15, 0.2) is 42.5 Å². The van der Waals surface area contributed by atoms with Gasteiger partial charge in [0.25, 0.3) is 5.91 Å². The zero-order chi connectivity index (χ0) is 18.4. The molecular weight excluding hydrogens is 322 g/mol. The molecule has 0 aromatic heterocycles. The van der Waals surface area contributed by atoms with E-state index >= 15 is 0 Å². The minimum absolute atomic E-state index is 0.261. The van der Waals surface area contributed by atoms with Crippen molar-refractivity contribution in [3.63, 3.8) is 0 Å². The first-order valence-electron chi connectivity index (χ1n) is 7.77. The van der Waals surface area contributed by atoms with E-state index in [4.69, 9.17) is 9.47 Å². The van der Waals surface area contributed by atoms with E-state index in [1.165, 1.54) is 7.11 Å². The van der Waals surface area contributed by atoms with E-state index in [9.17, 15) is 14.7 Å². The summed E-state index contributed by atoms with van der Waals surface area (Å²) in [6, 6.07) is 10.8. The predicted octanol–water partition coefficient (Wildman–Crippen LogP) is 2.63. The Morgan fingerprint density at radius 1 is 1.04 bits per heavy atom. The van der Waals surface area contributed by atoms with Crippen molar-refractivity contribution >= 4 is 11.9 Å². The van der Waals surface area contributed by atoms with Crippen LogP contribution in [0, 0.1) is 13.8 Å². The van der Waals surface area contributed by atoms with Gasteiger partial charge in [0.15, 0.2) is 12.6 Å². The molecule has 6 nitrogen and oxygen atoms in total. The number of amides is 1. The first kappa shape index (κ1) is 18.3. The second-order valence-corrected chi connectivity index (χ2v) is 5.65. The number of nitrogens with one attached hydrogen (secondary N) is 1. The molecule has 0 aliphatic rings. The summed E-state index contributed by atoms with van der Waals surface area (Å²) in [6.07, 6.45) is 0. The second kappa shape index (κ2) is 8.19. The van der Waals surface area contributed by atoms with Gasteiger partial charge < -0.3 is 19.9 Å². The average molecular weight is 343 g/mol. The van der Waals surface area contributed by atoms with Crippen molar-refractivity contribution in [1.82, 2.24) is 5.32 Å². The highest BCUT2D eigenvalue weighted by atomic mass is 16.5. The number of hydrogen-bond donors (Lipinski definition) is 2. The maximum absolute atomic E-state index is 12.1. The third-order valence-corrected chi connectivity index (χ3v) is 3.85. The molecular formula is C19H21NO5. The molecule has 0 radical (unpaired) electrons. The van der Waals surface area contributed by atoms with Crippen molar-refractivity contribution in [3.05, 3.63) is 59.2 Å². The molecule has 0 fully saturated rings. The molecule has 0 aliphatic carbocycles. The number of rotatable bonds is 7. The van der Waals surface area contributed by atoms with Gasteiger partial charge in [0.2, 0.25) is 0 Å². The Morgan fingerprint density at radius 3 is 2.24 bits per heavy atom. The van der Waals surface area contributed by atoms with Crippen LogP contribution in [-0.2, 0) is 9.59 Å². The number of carboxylic acid groups (broad SMARTS) is 1. The molecule has 1 amide bonds. The number of hydrogen-bond acceptors (Lipinski definition) is 4. The largest absolute Gasteiger partial charge is 0.497 e. The molecule has 6 heteroatoms. The van der Waals surface area contributed by atoms with E-state index in [1.54, 1.807) is 30.3 Å². The highest BCUT2D eigenvalue weighted by Gasteiger charge is 2.22.